The van der Waals surface area contributed by atoms with Crippen LogP contribution in [-0.2, 0) is 11.0 Å². The average molecular weight is 248 g/mol. The molecule has 17 heavy (non-hydrogen) atoms. The summed E-state index contributed by atoms with van der Waals surface area (Å²) in [5.74, 6) is 0.401. The van der Waals surface area contributed by atoms with Crippen LogP contribution in [-0.4, -0.2) is 18.2 Å². The van der Waals surface area contributed by atoms with Crippen LogP contribution in [0.2, 0.25) is 0 Å². The molecule has 0 aliphatic carbocycles. The van der Waals surface area contributed by atoms with Gasteiger partial charge in [0.2, 0.25) is 0 Å². The number of carboxylic acid groups (broad SMARTS) is 1. The minimum Gasteiger partial charge on any atom is -0.490 e. The van der Waals surface area contributed by atoms with Crippen molar-refractivity contribution in [1.82, 2.24) is 0 Å². The molecule has 0 fully saturated rings. The van der Waals surface area contributed by atoms with Gasteiger partial charge in [0.05, 0.1) is 5.56 Å². The van der Waals surface area contributed by atoms with Gasteiger partial charge in [0.1, 0.15) is 12.4 Å². The average Bonchev–Trinajstić information content (AvgIpc) is 2.27. The third-order valence-electron chi connectivity index (χ3n) is 1.55. The minimum atomic E-state index is -4.29. The summed E-state index contributed by atoms with van der Waals surface area (Å²) in [5.41, 5.74) is -0.677. The van der Waals surface area contributed by atoms with Crippen LogP contribution < -0.4 is 4.74 Å². The molecule has 0 bridgehead atoms. The van der Waals surface area contributed by atoms with Gasteiger partial charge in [0.25, 0.3) is 6.47 Å². The van der Waals surface area contributed by atoms with Gasteiger partial charge in [-0.15, -0.1) is 0 Å². The quantitative estimate of drug-likeness (QED) is 0.660. The van der Waals surface area contributed by atoms with Crippen LogP contribution in [0, 0.1) is 0 Å². The van der Waals surface area contributed by atoms with Gasteiger partial charge < -0.3 is 9.84 Å². The number of rotatable bonds is 3. The van der Waals surface area contributed by atoms with Gasteiger partial charge in [0.15, 0.2) is 0 Å². The number of ether oxygens (including phenoxy) is 1. The lowest BCUT2D eigenvalue weighted by molar-refractivity contribution is -0.137. The van der Waals surface area contributed by atoms with E-state index in [2.05, 4.69) is 6.58 Å². The summed E-state index contributed by atoms with van der Waals surface area (Å²) < 4.78 is 41.4. The van der Waals surface area contributed by atoms with Gasteiger partial charge in [-0.05, 0) is 24.3 Å². The summed E-state index contributed by atoms with van der Waals surface area (Å²) in [7, 11) is 0. The first kappa shape index (κ1) is 15.0. The molecular formula is C11H11F3O3. The first-order valence-corrected chi connectivity index (χ1v) is 4.44. The topological polar surface area (TPSA) is 46.5 Å². The Morgan fingerprint density at radius 3 is 2.12 bits per heavy atom. The van der Waals surface area contributed by atoms with Crippen molar-refractivity contribution in [1.29, 1.82) is 0 Å². The predicted octanol–water partition coefficient (Wildman–Crippen LogP) is 2.97. The highest BCUT2D eigenvalue weighted by Crippen LogP contribution is 2.30. The van der Waals surface area contributed by atoms with E-state index in [0.29, 0.717) is 5.75 Å². The van der Waals surface area contributed by atoms with E-state index < -0.39 is 11.7 Å². The van der Waals surface area contributed by atoms with Crippen LogP contribution in [0.25, 0.3) is 0 Å². The van der Waals surface area contributed by atoms with Gasteiger partial charge in [-0.2, -0.15) is 13.2 Å². The summed E-state index contributed by atoms with van der Waals surface area (Å²) in [6.07, 6.45) is -2.77. The molecule has 6 heteroatoms. The molecule has 0 saturated heterocycles. The van der Waals surface area contributed by atoms with E-state index in [-0.39, 0.29) is 13.1 Å². The molecule has 0 amide bonds. The Hall–Kier alpha value is -1.98. The van der Waals surface area contributed by atoms with Crippen molar-refractivity contribution in [2.24, 2.45) is 0 Å². The molecule has 0 aliphatic heterocycles. The molecular weight excluding hydrogens is 237 g/mol. The van der Waals surface area contributed by atoms with Crippen LogP contribution in [0.3, 0.4) is 0 Å². The third kappa shape index (κ3) is 6.24. The summed E-state index contributed by atoms with van der Waals surface area (Å²) in [4.78, 5) is 8.36. The van der Waals surface area contributed by atoms with Gasteiger partial charge in [-0.25, -0.2) is 0 Å². The third-order valence-corrected chi connectivity index (χ3v) is 1.55. The zero-order valence-electron chi connectivity index (χ0n) is 8.78. The zero-order valence-corrected chi connectivity index (χ0v) is 8.78. The molecule has 1 aromatic carbocycles. The van der Waals surface area contributed by atoms with E-state index >= 15 is 0 Å². The number of halogens is 3. The molecule has 1 N–H and O–H groups in total. The molecule has 0 atom stereocenters. The zero-order chi connectivity index (χ0) is 13.3. The Labute approximate surface area is 96.1 Å². The van der Waals surface area contributed by atoms with Crippen molar-refractivity contribution in [2.75, 3.05) is 6.61 Å². The fourth-order valence-corrected chi connectivity index (χ4v) is 0.895. The molecule has 0 aliphatic rings. The summed E-state index contributed by atoms with van der Waals surface area (Å²) in [6, 6.07) is 4.54. The second kappa shape index (κ2) is 7.32. The first-order chi connectivity index (χ1) is 7.95. The monoisotopic (exact) mass is 248 g/mol. The van der Waals surface area contributed by atoms with Gasteiger partial charge in [-0.1, -0.05) is 12.7 Å². The first-order valence-electron chi connectivity index (χ1n) is 4.44. The maximum absolute atomic E-state index is 12.1. The van der Waals surface area contributed by atoms with Crippen molar-refractivity contribution >= 4 is 6.47 Å². The number of alkyl halides is 3. The Balaban J connectivity index is 0.000000770. The summed E-state index contributed by atoms with van der Waals surface area (Å²) >= 11 is 0. The smallest absolute Gasteiger partial charge is 0.416 e. The highest BCUT2D eigenvalue weighted by atomic mass is 19.4. The van der Waals surface area contributed by atoms with Crippen molar-refractivity contribution in [2.45, 2.75) is 6.18 Å². The maximum atomic E-state index is 12.1. The van der Waals surface area contributed by atoms with Crippen LogP contribution in [0.4, 0.5) is 13.2 Å². The van der Waals surface area contributed by atoms with E-state index in [1.807, 2.05) is 0 Å². The summed E-state index contributed by atoms with van der Waals surface area (Å²) in [5, 5.41) is 6.89. The molecule has 94 valence electrons. The van der Waals surface area contributed by atoms with E-state index in [1.54, 1.807) is 0 Å². The second-order valence-electron chi connectivity index (χ2n) is 2.73. The van der Waals surface area contributed by atoms with Crippen molar-refractivity contribution in [3.63, 3.8) is 0 Å². The highest BCUT2D eigenvalue weighted by molar-refractivity contribution is 5.32. The number of hydrogen-bond acceptors (Lipinski definition) is 2. The highest BCUT2D eigenvalue weighted by Gasteiger charge is 2.29. The number of carbonyl (C=O) groups is 1. The number of hydrogen-bond donors (Lipinski definition) is 1. The molecule has 1 aromatic rings. The molecule has 0 aromatic heterocycles. The Bertz CT molecular complexity index is 344. The Kier molecular flexibility index (Phi) is 6.47. The second-order valence-corrected chi connectivity index (χ2v) is 2.73. The molecule has 1 rings (SSSR count). The lowest BCUT2D eigenvalue weighted by Crippen LogP contribution is -2.04. The van der Waals surface area contributed by atoms with E-state index in [4.69, 9.17) is 14.6 Å². The van der Waals surface area contributed by atoms with Crippen LogP contribution >= 0.6 is 0 Å². The molecule has 3 nitrogen and oxygen atoms in total. The van der Waals surface area contributed by atoms with Crippen LogP contribution in [0.5, 0.6) is 5.75 Å². The van der Waals surface area contributed by atoms with Gasteiger partial charge in [-0.3, -0.25) is 4.79 Å². The van der Waals surface area contributed by atoms with Gasteiger partial charge in [0, 0.05) is 0 Å². The largest absolute Gasteiger partial charge is 0.490 e. The van der Waals surface area contributed by atoms with E-state index in [0.717, 1.165) is 12.1 Å². The normalized spacial score (nSPS) is 9.82. The SMILES string of the molecule is C=CCOc1ccc(C(F)(F)F)cc1.O=CO. The Morgan fingerprint density at radius 2 is 1.76 bits per heavy atom. The maximum Gasteiger partial charge on any atom is 0.416 e. The Morgan fingerprint density at radius 1 is 1.29 bits per heavy atom. The van der Waals surface area contributed by atoms with E-state index in [1.165, 1.54) is 18.2 Å². The van der Waals surface area contributed by atoms with Crippen molar-refractivity contribution < 1.29 is 27.8 Å². The minimum absolute atomic E-state index is 0.250. The van der Waals surface area contributed by atoms with Crippen LogP contribution in [0.1, 0.15) is 5.56 Å². The summed E-state index contributed by atoms with van der Waals surface area (Å²) in [6.45, 7) is 3.46. The standard InChI is InChI=1S/C10H9F3O.CH2O2/c1-2-7-14-9-5-3-8(4-6-9)10(11,12)13;2-1-3/h2-6H,1,7H2;1H,(H,2,3). The van der Waals surface area contributed by atoms with Crippen LogP contribution in [0.15, 0.2) is 36.9 Å². The van der Waals surface area contributed by atoms with Crippen molar-refractivity contribution in [3.05, 3.63) is 42.5 Å². The number of benzene rings is 1. The molecule has 0 radical (unpaired) electrons. The lowest BCUT2D eigenvalue weighted by Gasteiger charge is -2.07. The van der Waals surface area contributed by atoms with Crippen molar-refractivity contribution in [3.8, 4) is 5.75 Å². The molecule has 0 heterocycles. The molecule has 0 unspecified atom stereocenters. The molecule has 0 spiro atoms. The molecule has 0 saturated carbocycles. The lowest BCUT2D eigenvalue weighted by atomic mass is 10.2. The fourth-order valence-electron chi connectivity index (χ4n) is 0.895. The van der Waals surface area contributed by atoms with E-state index in [9.17, 15) is 13.2 Å². The fraction of sp³-hybridized carbons (Fsp3) is 0.182. The van der Waals surface area contributed by atoms with Gasteiger partial charge >= 0.3 is 6.18 Å². The predicted molar refractivity (Wildman–Crippen MR) is 55.8 cm³/mol.